The Balaban J connectivity index is 1.84. The Bertz CT molecular complexity index is 1020. The van der Waals surface area contributed by atoms with Gasteiger partial charge in [0.25, 0.3) is 5.89 Å². The zero-order valence-electron chi connectivity index (χ0n) is 15.7. The average Bonchev–Trinajstić information content (AvgIpc) is 3.24. The van der Waals surface area contributed by atoms with Crippen LogP contribution in [0.2, 0.25) is 0 Å². The molecule has 0 aliphatic carbocycles. The molecule has 8 nitrogen and oxygen atoms in total. The Morgan fingerprint density at radius 2 is 2.00 bits per heavy atom. The van der Waals surface area contributed by atoms with Crippen LogP contribution in [0.1, 0.15) is 40.0 Å². The molecular weight excluding hydrogens is 426 g/mol. The first-order chi connectivity index (χ1) is 13.4. The molecule has 146 valence electrons. The number of amides is 2. The van der Waals surface area contributed by atoms with Crippen LogP contribution in [0.4, 0.5) is 4.79 Å². The van der Waals surface area contributed by atoms with E-state index in [1.54, 1.807) is 12.1 Å². The topological polar surface area (TPSA) is 113 Å². The van der Waals surface area contributed by atoms with Crippen molar-refractivity contribution in [1.82, 2.24) is 25.8 Å². The van der Waals surface area contributed by atoms with Crippen LogP contribution in [0.5, 0.6) is 0 Å². The van der Waals surface area contributed by atoms with Crippen LogP contribution >= 0.6 is 15.9 Å². The van der Waals surface area contributed by atoms with Crippen molar-refractivity contribution in [3.05, 3.63) is 57.0 Å². The van der Waals surface area contributed by atoms with Gasteiger partial charge in [-0.05, 0) is 38.5 Å². The normalized spacial score (nSPS) is 10.7. The number of aromatic nitrogens is 3. The Morgan fingerprint density at radius 1 is 1.21 bits per heavy atom. The van der Waals surface area contributed by atoms with E-state index >= 15 is 0 Å². The van der Waals surface area contributed by atoms with Crippen LogP contribution in [0, 0.1) is 13.8 Å². The van der Waals surface area contributed by atoms with Crippen molar-refractivity contribution in [3.63, 3.8) is 0 Å². The van der Waals surface area contributed by atoms with Gasteiger partial charge in [0, 0.05) is 27.8 Å². The Morgan fingerprint density at radius 3 is 2.71 bits per heavy atom. The molecule has 3 aromatic rings. The lowest BCUT2D eigenvalue weighted by atomic mass is 10.00. The monoisotopic (exact) mass is 445 g/mol. The third kappa shape index (κ3) is 4.14. The number of rotatable bonds is 6. The van der Waals surface area contributed by atoms with Gasteiger partial charge in [-0.15, -0.1) is 10.2 Å². The number of halogens is 1. The third-order valence-electron chi connectivity index (χ3n) is 4.17. The maximum Gasteiger partial charge on any atom is 0.315 e. The van der Waals surface area contributed by atoms with Gasteiger partial charge in [0.15, 0.2) is 5.78 Å². The molecule has 28 heavy (non-hydrogen) atoms. The van der Waals surface area contributed by atoms with E-state index in [4.69, 9.17) is 4.42 Å². The number of aromatic amines is 1. The van der Waals surface area contributed by atoms with Crippen LogP contribution < -0.4 is 10.6 Å². The smallest absolute Gasteiger partial charge is 0.315 e. The minimum atomic E-state index is -0.309. The molecule has 0 fully saturated rings. The van der Waals surface area contributed by atoms with Crippen LogP contribution in [-0.2, 0) is 6.54 Å². The van der Waals surface area contributed by atoms with Crippen molar-refractivity contribution < 1.29 is 14.0 Å². The van der Waals surface area contributed by atoms with Crippen molar-refractivity contribution in [3.8, 4) is 11.6 Å². The van der Waals surface area contributed by atoms with Crippen molar-refractivity contribution in [1.29, 1.82) is 0 Å². The van der Waals surface area contributed by atoms with E-state index in [1.807, 2.05) is 32.9 Å². The molecule has 0 unspecified atom stereocenters. The molecule has 0 radical (unpaired) electrons. The van der Waals surface area contributed by atoms with Crippen molar-refractivity contribution in [2.24, 2.45) is 0 Å². The second-order valence-corrected chi connectivity index (χ2v) is 7.09. The van der Waals surface area contributed by atoms with Crippen molar-refractivity contribution in [2.45, 2.75) is 27.3 Å². The summed E-state index contributed by atoms with van der Waals surface area (Å²) in [5.41, 5.74) is 3.21. The van der Waals surface area contributed by atoms with Gasteiger partial charge >= 0.3 is 6.03 Å². The zero-order valence-corrected chi connectivity index (χ0v) is 17.3. The summed E-state index contributed by atoms with van der Waals surface area (Å²) in [6.45, 7) is 6.13. The molecule has 2 aromatic heterocycles. The number of nitrogens with zero attached hydrogens (tertiary/aromatic N) is 2. The van der Waals surface area contributed by atoms with E-state index in [-0.39, 0.29) is 30.1 Å². The third-order valence-corrected chi connectivity index (χ3v) is 4.66. The molecule has 3 N–H and O–H groups in total. The predicted molar refractivity (Wildman–Crippen MR) is 107 cm³/mol. The summed E-state index contributed by atoms with van der Waals surface area (Å²) < 4.78 is 6.48. The molecule has 0 atom stereocenters. The second kappa shape index (κ2) is 8.39. The molecule has 2 amide bonds. The molecule has 1 aromatic carbocycles. The Hall–Kier alpha value is -2.94. The van der Waals surface area contributed by atoms with Gasteiger partial charge in [-0.3, -0.25) is 4.79 Å². The van der Waals surface area contributed by atoms with Gasteiger partial charge < -0.3 is 20.0 Å². The predicted octanol–water partition coefficient (Wildman–Crippen LogP) is 3.49. The highest BCUT2D eigenvalue weighted by Crippen LogP contribution is 2.29. The molecule has 0 bridgehead atoms. The highest BCUT2D eigenvalue weighted by atomic mass is 79.9. The van der Waals surface area contributed by atoms with Crippen LogP contribution in [0.25, 0.3) is 11.6 Å². The van der Waals surface area contributed by atoms with E-state index < -0.39 is 0 Å². The Labute approximate surface area is 170 Å². The maximum absolute atomic E-state index is 13.0. The highest BCUT2D eigenvalue weighted by Gasteiger charge is 2.23. The minimum Gasteiger partial charge on any atom is -0.417 e. The van der Waals surface area contributed by atoms with Gasteiger partial charge in [0.05, 0.1) is 6.54 Å². The van der Waals surface area contributed by atoms with E-state index in [9.17, 15) is 9.59 Å². The van der Waals surface area contributed by atoms with E-state index in [2.05, 4.69) is 41.7 Å². The number of urea groups is 1. The summed E-state index contributed by atoms with van der Waals surface area (Å²) in [5.74, 6) is 0.450. The Kier molecular flexibility index (Phi) is 5.93. The largest absolute Gasteiger partial charge is 0.417 e. The van der Waals surface area contributed by atoms with Gasteiger partial charge in [-0.1, -0.05) is 28.1 Å². The summed E-state index contributed by atoms with van der Waals surface area (Å²) >= 11 is 3.39. The molecular formula is C19H20BrN5O3. The van der Waals surface area contributed by atoms with Gasteiger partial charge in [-0.25, -0.2) is 4.79 Å². The van der Waals surface area contributed by atoms with E-state index in [0.29, 0.717) is 23.4 Å². The molecule has 0 saturated carbocycles. The number of ketones is 1. The molecule has 3 rings (SSSR count). The van der Waals surface area contributed by atoms with Gasteiger partial charge in [-0.2, -0.15) is 0 Å². The first-order valence-corrected chi connectivity index (χ1v) is 9.53. The number of carbonyl (C=O) groups excluding carboxylic acids is 2. The standard InChI is InChI=1S/C19H20BrN5O3/c1-4-21-19(27)22-9-14-24-25-18(28-14)16-10(2)15(11(3)23-16)17(26)12-6-5-7-13(20)8-12/h5-8,23H,4,9H2,1-3H3,(H2,21,22,27). The maximum atomic E-state index is 13.0. The first kappa shape index (κ1) is 19.8. The number of nitrogens with one attached hydrogen (secondary N) is 3. The van der Waals surface area contributed by atoms with Gasteiger partial charge in [0.2, 0.25) is 5.89 Å². The summed E-state index contributed by atoms with van der Waals surface area (Å²) in [6.07, 6.45) is 0. The van der Waals surface area contributed by atoms with Crippen LogP contribution in [0.3, 0.4) is 0 Å². The second-order valence-electron chi connectivity index (χ2n) is 6.18. The molecule has 9 heteroatoms. The number of carbonyl (C=O) groups is 2. The average molecular weight is 446 g/mol. The van der Waals surface area contributed by atoms with Crippen LogP contribution in [-0.4, -0.2) is 33.5 Å². The van der Waals surface area contributed by atoms with E-state index in [0.717, 1.165) is 15.7 Å². The fourth-order valence-corrected chi connectivity index (χ4v) is 3.28. The molecule has 0 aliphatic rings. The fourth-order valence-electron chi connectivity index (χ4n) is 2.88. The number of hydrogen-bond acceptors (Lipinski definition) is 5. The quantitative estimate of drug-likeness (QED) is 0.502. The summed E-state index contributed by atoms with van der Waals surface area (Å²) in [5, 5.41) is 13.2. The summed E-state index contributed by atoms with van der Waals surface area (Å²) in [7, 11) is 0. The van der Waals surface area contributed by atoms with E-state index in [1.165, 1.54) is 0 Å². The molecule has 2 heterocycles. The molecule has 0 spiro atoms. The molecule has 0 aliphatic heterocycles. The fraction of sp³-hybridized carbons (Fsp3) is 0.263. The lowest BCUT2D eigenvalue weighted by molar-refractivity contribution is 0.103. The lowest BCUT2D eigenvalue weighted by Crippen LogP contribution is -2.34. The lowest BCUT2D eigenvalue weighted by Gasteiger charge is -2.03. The summed E-state index contributed by atoms with van der Waals surface area (Å²) in [6, 6.07) is 6.94. The van der Waals surface area contributed by atoms with Crippen molar-refractivity contribution >= 4 is 27.7 Å². The number of aryl methyl sites for hydroxylation is 1. The number of H-pyrrole nitrogens is 1. The number of benzene rings is 1. The highest BCUT2D eigenvalue weighted by molar-refractivity contribution is 9.10. The van der Waals surface area contributed by atoms with Gasteiger partial charge in [0.1, 0.15) is 5.69 Å². The number of hydrogen-bond donors (Lipinski definition) is 3. The van der Waals surface area contributed by atoms with Crippen molar-refractivity contribution in [2.75, 3.05) is 6.54 Å². The summed E-state index contributed by atoms with van der Waals surface area (Å²) in [4.78, 5) is 27.6. The zero-order chi connectivity index (χ0) is 20.3. The van der Waals surface area contributed by atoms with Crippen LogP contribution in [0.15, 0.2) is 33.2 Å². The minimum absolute atomic E-state index is 0.0866. The molecule has 0 saturated heterocycles. The first-order valence-electron chi connectivity index (χ1n) is 8.74. The SMILES string of the molecule is CCNC(=O)NCc1nnc(-c2[nH]c(C)c(C(=O)c3cccc(Br)c3)c2C)o1.